The fraction of sp³-hybridized carbons (Fsp3) is 0.909. The van der Waals surface area contributed by atoms with Crippen LogP contribution in [0, 0.1) is 0 Å². The van der Waals surface area contributed by atoms with E-state index in [1.54, 1.807) is 12.0 Å². The van der Waals surface area contributed by atoms with Gasteiger partial charge < -0.3 is 14.7 Å². The van der Waals surface area contributed by atoms with Gasteiger partial charge in [0, 0.05) is 19.7 Å². The summed E-state index contributed by atoms with van der Waals surface area (Å²) in [6, 6.07) is 0.124. The Morgan fingerprint density at radius 2 is 2.07 bits per heavy atom. The van der Waals surface area contributed by atoms with Crippen LogP contribution in [0.1, 0.15) is 34.1 Å². The summed E-state index contributed by atoms with van der Waals surface area (Å²) in [7, 11) is 1.60. The van der Waals surface area contributed by atoms with Crippen LogP contribution in [0.25, 0.3) is 0 Å². The topological polar surface area (TPSA) is 49.8 Å². The van der Waals surface area contributed by atoms with E-state index in [-0.39, 0.29) is 11.9 Å². The van der Waals surface area contributed by atoms with Gasteiger partial charge in [0.05, 0.1) is 6.61 Å². The Hall–Kier alpha value is -0.610. The van der Waals surface area contributed by atoms with Crippen LogP contribution in [-0.4, -0.2) is 47.8 Å². The van der Waals surface area contributed by atoms with Crippen molar-refractivity contribution in [1.29, 1.82) is 0 Å². The van der Waals surface area contributed by atoms with Crippen LogP contribution >= 0.6 is 0 Å². The lowest BCUT2D eigenvalue weighted by Crippen LogP contribution is -2.50. The summed E-state index contributed by atoms with van der Waals surface area (Å²) in [4.78, 5) is 13.6. The zero-order valence-corrected chi connectivity index (χ0v) is 10.4. The van der Waals surface area contributed by atoms with E-state index in [4.69, 9.17) is 4.74 Å². The van der Waals surface area contributed by atoms with E-state index in [9.17, 15) is 9.90 Å². The standard InChI is InChI=1S/C11H23NO3/c1-6-9(2)12(7-8-15-5)10(13)11(3,4)14/h9,14H,6-8H2,1-5H3. The Bertz CT molecular complexity index is 198. The molecule has 0 rings (SSSR count). The molecule has 4 nitrogen and oxygen atoms in total. The van der Waals surface area contributed by atoms with Gasteiger partial charge >= 0.3 is 0 Å². The molecule has 0 radical (unpaired) electrons. The maximum absolute atomic E-state index is 11.9. The molecule has 0 saturated heterocycles. The fourth-order valence-electron chi connectivity index (χ4n) is 1.28. The van der Waals surface area contributed by atoms with E-state index in [0.29, 0.717) is 13.2 Å². The first kappa shape index (κ1) is 14.4. The van der Waals surface area contributed by atoms with Gasteiger partial charge in [0.1, 0.15) is 5.60 Å². The summed E-state index contributed by atoms with van der Waals surface area (Å²) in [6.07, 6.45) is 0.867. The van der Waals surface area contributed by atoms with Crippen molar-refractivity contribution in [2.75, 3.05) is 20.3 Å². The molecular weight excluding hydrogens is 194 g/mol. The van der Waals surface area contributed by atoms with Crippen LogP contribution in [0.3, 0.4) is 0 Å². The van der Waals surface area contributed by atoms with E-state index < -0.39 is 5.60 Å². The molecule has 0 aliphatic carbocycles. The highest BCUT2D eigenvalue weighted by molar-refractivity contribution is 5.84. The average molecular weight is 217 g/mol. The van der Waals surface area contributed by atoms with Crippen LogP contribution < -0.4 is 0 Å². The maximum Gasteiger partial charge on any atom is 0.254 e. The Morgan fingerprint density at radius 1 is 1.53 bits per heavy atom. The predicted octanol–water partition coefficient (Wildman–Crippen LogP) is 1.03. The SMILES string of the molecule is CCC(C)N(CCOC)C(=O)C(C)(C)O. The molecule has 0 heterocycles. The molecule has 90 valence electrons. The first-order valence-corrected chi connectivity index (χ1v) is 5.37. The van der Waals surface area contributed by atoms with E-state index in [1.807, 2.05) is 13.8 Å². The number of carbonyl (C=O) groups excluding carboxylic acids is 1. The van der Waals surface area contributed by atoms with Crippen molar-refractivity contribution in [2.45, 2.75) is 45.8 Å². The number of methoxy groups -OCH3 is 1. The number of ether oxygens (including phenoxy) is 1. The summed E-state index contributed by atoms with van der Waals surface area (Å²) in [5.74, 6) is -0.242. The number of aliphatic hydroxyl groups is 1. The molecule has 0 fully saturated rings. The Labute approximate surface area is 92.2 Å². The van der Waals surface area contributed by atoms with Crippen LogP contribution in [0.5, 0.6) is 0 Å². The normalized spacial score (nSPS) is 13.7. The third kappa shape index (κ3) is 4.62. The zero-order chi connectivity index (χ0) is 12.1. The van der Waals surface area contributed by atoms with E-state index in [1.165, 1.54) is 13.8 Å². The summed E-state index contributed by atoms with van der Waals surface area (Å²) in [5, 5.41) is 9.67. The number of hydrogen-bond donors (Lipinski definition) is 1. The summed E-state index contributed by atoms with van der Waals surface area (Å²) in [5.41, 5.74) is -1.31. The van der Waals surface area contributed by atoms with Gasteiger partial charge in [0.15, 0.2) is 0 Å². The molecule has 4 heteroatoms. The van der Waals surface area contributed by atoms with Crippen molar-refractivity contribution in [3.8, 4) is 0 Å². The van der Waals surface area contributed by atoms with Crippen molar-refractivity contribution in [3.63, 3.8) is 0 Å². The van der Waals surface area contributed by atoms with Crippen molar-refractivity contribution in [2.24, 2.45) is 0 Å². The van der Waals surface area contributed by atoms with E-state index in [2.05, 4.69) is 0 Å². The predicted molar refractivity (Wildman–Crippen MR) is 59.6 cm³/mol. The Balaban J connectivity index is 4.55. The number of hydrogen-bond acceptors (Lipinski definition) is 3. The Morgan fingerprint density at radius 3 is 2.40 bits per heavy atom. The molecule has 0 saturated carbocycles. The molecule has 0 bridgehead atoms. The molecule has 0 spiro atoms. The second kappa shape index (κ2) is 6.08. The van der Waals surface area contributed by atoms with Crippen molar-refractivity contribution in [1.82, 2.24) is 4.90 Å². The molecule has 0 aromatic rings. The quantitative estimate of drug-likeness (QED) is 0.723. The number of rotatable bonds is 6. The van der Waals surface area contributed by atoms with E-state index >= 15 is 0 Å². The second-order valence-electron chi connectivity index (χ2n) is 4.31. The van der Waals surface area contributed by atoms with Gasteiger partial charge in [-0.25, -0.2) is 0 Å². The van der Waals surface area contributed by atoms with Gasteiger partial charge in [-0.15, -0.1) is 0 Å². The number of carbonyl (C=O) groups is 1. The van der Waals surface area contributed by atoms with Gasteiger partial charge in [-0.05, 0) is 27.2 Å². The molecule has 1 N–H and O–H groups in total. The van der Waals surface area contributed by atoms with Crippen molar-refractivity contribution < 1.29 is 14.6 Å². The minimum atomic E-state index is -1.31. The number of amides is 1. The molecule has 0 aliphatic heterocycles. The third-order valence-electron chi connectivity index (χ3n) is 2.44. The maximum atomic E-state index is 11.9. The smallest absolute Gasteiger partial charge is 0.254 e. The van der Waals surface area contributed by atoms with Gasteiger partial charge in [-0.1, -0.05) is 6.92 Å². The van der Waals surface area contributed by atoms with Crippen LogP contribution in [0.2, 0.25) is 0 Å². The van der Waals surface area contributed by atoms with Crippen LogP contribution in [-0.2, 0) is 9.53 Å². The lowest BCUT2D eigenvalue weighted by Gasteiger charge is -2.33. The van der Waals surface area contributed by atoms with Gasteiger partial charge in [0.25, 0.3) is 5.91 Å². The van der Waals surface area contributed by atoms with Crippen molar-refractivity contribution in [3.05, 3.63) is 0 Å². The summed E-state index contributed by atoms with van der Waals surface area (Å²) >= 11 is 0. The minimum absolute atomic E-state index is 0.124. The first-order valence-electron chi connectivity index (χ1n) is 5.37. The average Bonchev–Trinajstić information content (AvgIpc) is 2.16. The molecule has 0 aliphatic rings. The van der Waals surface area contributed by atoms with Crippen LogP contribution in [0.15, 0.2) is 0 Å². The summed E-state index contributed by atoms with van der Waals surface area (Å²) in [6.45, 7) is 8.02. The molecule has 0 aromatic heterocycles. The van der Waals surface area contributed by atoms with Gasteiger partial charge in [-0.2, -0.15) is 0 Å². The highest BCUT2D eigenvalue weighted by Gasteiger charge is 2.31. The molecular formula is C11H23NO3. The molecule has 15 heavy (non-hydrogen) atoms. The monoisotopic (exact) mass is 217 g/mol. The molecule has 1 atom stereocenters. The second-order valence-corrected chi connectivity index (χ2v) is 4.31. The van der Waals surface area contributed by atoms with E-state index in [0.717, 1.165) is 6.42 Å². The highest BCUT2D eigenvalue weighted by atomic mass is 16.5. The summed E-state index contributed by atoms with van der Waals surface area (Å²) < 4.78 is 4.95. The Kier molecular flexibility index (Phi) is 5.83. The number of nitrogens with zero attached hydrogens (tertiary/aromatic N) is 1. The van der Waals surface area contributed by atoms with Gasteiger partial charge in [-0.3, -0.25) is 4.79 Å². The minimum Gasteiger partial charge on any atom is -0.383 e. The fourth-order valence-corrected chi connectivity index (χ4v) is 1.28. The lowest BCUT2D eigenvalue weighted by molar-refractivity contribution is -0.150. The van der Waals surface area contributed by atoms with Crippen LogP contribution in [0.4, 0.5) is 0 Å². The highest BCUT2D eigenvalue weighted by Crippen LogP contribution is 2.12. The largest absolute Gasteiger partial charge is 0.383 e. The molecule has 0 aromatic carbocycles. The van der Waals surface area contributed by atoms with Gasteiger partial charge in [0.2, 0.25) is 0 Å². The molecule has 1 unspecified atom stereocenters. The first-order chi connectivity index (χ1) is 6.84. The third-order valence-corrected chi connectivity index (χ3v) is 2.44. The van der Waals surface area contributed by atoms with Crippen molar-refractivity contribution >= 4 is 5.91 Å². The zero-order valence-electron chi connectivity index (χ0n) is 10.4. The molecule has 1 amide bonds. The lowest BCUT2D eigenvalue weighted by atomic mass is 10.1.